The number of rotatable bonds is 3. The van der Waals surface area contributed by atoms with Crippen molar-refractivity contribution < 1.29 is 14.3 Å². The van der Waals surface area contributed by atoms with E-state index in [1.807, 2.05) is 0 Å². The van der Waals surface area contributed by atoms with E-state index in [1.165, 1.54) is 30.3 Å². The van der Waals surface area contributed by atoms with Crippen LogP contribution in [0, 0.1) is 0 Å². The fourth-order valence-corrected chi connectivity index (χ4v) is 1.70. The molecule has 5 heteroatoms. The normalized spacial score (nSPS) is 10.0. The molecule has 2 rings (SSSR count). The first-order valence-electron chi connectivity index (χ1n) is 5.25. The van der Waals surface area contributed by atoms with Crippen LogP contribution >= 0.6 is 23.2 Å². The Labute approximate surface area is 119 Å². The Morgan fingerprint density at radius 1 is 1.00 bits per heavy atom. The lowest BCUT2D eigenvalue weighted by Crippen LogP contribution is -2.09. The van der Waals surface area contributed by atoms with Crippen molar-refractivity contribution in [2.45, 2.75) is 0 Å². The summed E-state index contributed by atoms with van der Waals surface area (Å²) in [5.74, 6) is -0.530. The van der Waals surface area contributed by atoms with Gasteiger partial charge in [-0.3, -0.25) is 4.79 Å². The zero-order valence-electron chi connectivity index (χ0n) is 9.52. The number of carbonyl (C=O) groups is 1. The van der Waals surface area contributed by atoms with Crippen molar-refractivity contribution in [2.75, 3.05) is 0 Å². The zero-order chi connectivity index (χ0) is 13.8. The maximum Gasteiger partial charge on any atom is 0.343 e. The molecule has 0 aliphatic carbocycles. The summed E-state index contributed by atoms with van der Waals surface area (Å²) in [7, 11) is 0. The minimum Gasteiger partial charge on any atom is -0.422 e. The smallest absolute Gasteiger partial charge is 0.343 e. The van der Waals surface area contributed by atoms with E-state index < -0.39 is 5.97 Å². The molecule has 0 fully saturated rings. The Kier molecular flexibility index (Phi) is 4.20. The number of hydrogen-bond donors (Lipinski definition) is 0. The number of halogens is 2. The predicted molar refractivity (Wildman–Crippen MR) is 72.7 cm³/mol. The van der Waals surface area contributed by atoms with Crippen LogP contribution in [0.2, 0.25) is 10.0 Å². The van der Waals surface area contributed by atoms with Crippen molar-refractivity contribution >= 4 is 35.5 Å². The highest BCUT2D eigenvalue weighted by atomic mass is 35.5. The van der Waals surface area contributed by atoms with E-state index in [9.17, 15) is 9.59 Å². The highest BCUT2D eigenvalue weighted by Crippen LogP contribution is 2.23. The van der Waals surface area contributed by atoms with Crippen molar-refractivity contribution in [3.63, 3.8) is 0 Å². The van der Waals surface area contributed by atoms with Crippen molar-refractivity contribution in [2.24, 2.45) is 0 Å². The van der Waals surface area contributed by atoms with Crippen LogP contribution in [0.4, 0.5) is 0 Å². The molecule has 95 valence electrons. The summed E-state index contributed by atoms with van der Waals surface area (Å²) >= 11 is 11.5. The van der Waals surface area contributed by atoms with Gasteiger partial charge in [0.25, 0.3) is 0 Å². The third-order valence-electron chi connectivity index (χ3n) is 2.34. The predicted octanol–water partition coefficient (Wildman–Crippen LogP) is 3.67. The second kappa shape index (κ2) is 5.87. The van der Waals surface area contributed by atoms with Gasteiger partial charge in [-0.05, 0) is 36.4 Å². The van der Waals surface area contributed by atoms with Gasteiger partial charge in [-0.25, -0.2) is 4.79 Å². The summed E-state index contributed by atoms with van der Waals surface area (Å²) in [5.41, 5.74) is 0.452. The molecule has 19 heavy (non-hydrogen) atoms. The molecule has 0 unspecified atom stereocenters. The lowest BCUT2D eigenvalue weighted by molar-refractivity contribution is 0.0734. The fraction of sp³-hybridized carbons (Fsp3) is 0. The maximum absolute atomic E-state index is 11.9. The molecule has 0 saturated carbocycles. The highest BCUT2D eigenvalue weighted by molar-refractivity contribution is 6.31. The van der Waals surface area contributed by atoms with Gasteiger partial charge in [0.1, 0.15) is 5.75 Å². The van der Waals surface area contributed by atoms with Crippen LogP contribution in [0.25, 0.3) is 0 Å². The first-order valence-corrected chi connectivity index (χ1v) is 6.01. The van der Waals surface area contributed by atoms with Crippen LogP contribution in [0.5, 0.6) is 5.75 Å². The zero-order valence-corrected chi connectivity index (χ0v) is 11.0. The molecule has 2 aromatic rings. The Bertz CT molecular complexity index is 621. The summed E-state index contributed by atoms with van der Waals surface area (Å²) in [6, 6.07) is 10.5. The van der Waals surface area contributed by atoms with Crippen LogP contribution in [0.3, 0.4) is 0 Å². The molecule has 0 atom stereocenters. The van der Waals surface area contributed by atoms with Crippen molar-refractivity contribution in [1.29, 1.82) is 0 Å². The quantitative estimate of drug-likeness (QED) is 0.640. The molecule has 1 radical (unpaired) electrons. The molecular weight excluding hydrogens is 287 g/mol. The Hall–Kier alpha value is -1.84. The van der Waals surface area contributed by atoms with Gasteiger partial charge in [-0.1, -0.05) is 23.2 Å². The van der Waals surface area contributed by atoms with E-state index >= 15 is 0 Å². The molecule has 0 heterocycles. The first-order chi connectivity index (χ1) is 9.10. The van der Waals surface area contributed by atoms with E-state index in [2.05, 4.69) is 0 Å². The number of ether oxygens (including phenoxy) is 1. The summed E-state index contributed by atoms with van der Waals surface area (Å²) in [6.07, 6.45) is 1.68. The van der Waals surface area contributed by atoms with Gasteiger partial charge in [-0.2, -0.15) is 0 Å². The van der Waals surface area contributed by atoms with Gasteiger partial charge >= 0.3 is 5.97 Å². The van der Waals surface area contributed by atoms with Crippen LogP contribution in [0.15, 0.2) is 42.5 Å². The van der Waals surface area contributed by atoms with E-state index in [1.54, 1.807) is 18.4 Å². The molecule has 0 amide bonds. The lowest BCUT2D eigenvalue weighted by Gasteiger charge is -2.06. The topological polar surface area (TPSA) is 43.4 Å². The Balaban J connectivity index is 2.25. The molecule has 0 bridgehead atoms. The minimum absolute atomic E-state index is 0.0717. The molecule has 3 nitrogen and oxygen atoms in total. The molecule has 0 saturated heterocycles. The van der Waals surface area contributed by atoms with Crippen molar-refractivity contribution in [3.05, 3.63) is 63.6 Å². The maximum atomic E-state index is 11.9. The molecular formula is C14H7Cl2O3. The van der Waals surface area contributed by atoms with E-state index in [0.29, 0.717) is 15.6 Å². The summed E-state index contributed by atoms with van der Waals surface area (Å²) < 4.78 is 5.11. The monoisotopic (exact) mass is 293 g/mol. The third-order valence-corrected chi connectivity index (χ3v) is 2.82. The van der Waals surface area contributed by atoms with Crippen LogP contribution in [0.1, 0.15) is 15.9 Å². The lowest BCUT2D eigenvalue weighted by atomic mass is 10.2. The Morgan fingerprint density at radius 3 is 2.26 bits per heavy atom. The standard InChI is InChI=1S/C14H7Cl2O3/c15-11-4-1-9(2-5-11)14(18)19-13-7-12(16)6-3-10(13)8-17/h1-7H. The largest absolute Gasteiger partial charge is 0.422 e. The van der Waals surface area contributed by atoms with Crippen molar-refractivity contribution in [3.8, 4) is 5.75 Å². The number of esters is 1. The molecule has 0 aliphatic rings. The molecule has 0 spiro atoms. The fourth-order valence-electron chi connectivity index (χ4n) is 1.41. The van der Waals surface area contributed by atoms with Gasteiger partial charge in [0.2, 0.25) is 6.29 Å². The first kappa shape index (κ1) is 13.6. The average molecular weight is 294 g/mol. The van der Waals surface area contributed by atoms with Gasteiger partial charge in [-0.15, -0.1) is 0 Å². The summed E-state index contributed by atoms with van der Waals surface area (Å²) in [5, 5.41) is 0.874. The molecule has 0 aromatic heterocycles. The number of carbonyl (C=O) groups excluding carboxylic acids is 2. The van der Waals surface area contributed by atoms with Gasteiger partial charge in [0, 0.05) is 16.1 Å². The van der Waals surface area contributed by atoms with Crippen LogP contribution < -0.4 is 4.74 Å². The van der Waals surface area contributed by atoms with Gasteiger partial charge < -0.3 is 4.74 Å². The summed E-state index contributed by atoms with van der Waals surface area (Å²) in [4.78, 5) is 22.6. The molecule has 0 aliphatic heterocycles. The highest BCUT2D eigenvalue weighted by Gasteiger charge is 2.12. The Morgan fingerprint density at radius 2 is 1.63 bits per heavy atom. The van der Waals surface area contributed by atoms with Crippen LogP contribution in [-0.2, 0) is 4.79 Å². The number of benzene rings is 2. The van der Waals surface area contributed by atoms with E-state index in [0.717, 1.165) is 0 Å². The summed E-state index contributed by atoms with van der Waals surface area (Å²) in [6.45, 7) is 0. The average Bonchev–Trinajstić information content (AvgIpc) is 2.39. The third kappa shape index (κ3) is 3.34. The molecule has 0 N–H and O–H groups in total. The second-order valence-corrected chi connectivity index (χ2v) is 4.51. The minimum atomic E-state index is -0.601. The van der Waals surface area contributed by atoms with Gasteiger partial charge in [0.05, 0.1) is 11.1 Å². The second-order valence-electron chi connectivity index (χ2n) is 3.64. The van der Waals surface area contributed by atoms with Crippen LogP contribution in [-0.4, -0.2) is 12.3 Å². The SMILES string of the molecule is O=[C]c1ccc(Cl)cc1OC(=O)c1ccc(Cl)cc1. The van der Waals surface area contributed by atoms with E-state index in [-0.39, 0.29) is 11.3 Å². The molecule has 2 aromatic carbocycles. The van der Waals surface area contributed by atoms with E-state index in [4.69, 9.17) is 27.9 Å². The van der Waals surface area contributed by atoms with Crippen molar-refractivity contribution in [1.82, 2.24) is 0 Å². The number of hydrogen-bond acceptors (Lipinski definition) is 3. The van der Waals surface area contributed by atoms with Gasteiger partial charge in [0.15, 0.2) is 0 Å².